The number of pyridine rings is 1. The van der Waals surface area contributed by atoms with Crippen LogP contribution in [0.15, 0.2) is 65.5 Å². The number of rotatable bonds is 5. The highest BCUT2D eigenvalue weighted by atomic mass is 16.6. The quantitative estimate of drug-likeness (QED) is 0.398. The second-order valence-corrected chi connectivity index (χ2v) is 7.36. The number of nitro groups is 1. The second-order valence-electron chi connectivity index (χ2n) is 7.36. The van der Waals surface area contributed by atoms with E-state index in [1.165, 1.54) is 16.7 Å². The molecule has 0 saturated carbocycles. The summed E-state index contributed by atoms with van der Waals surface area (Å²) in [5.74, 6) is 0.563. The monoisotopic (exact) mass is 415 g/mol. The molecule has 0 fully saturated rings. The first-order valence-corrected chi connectivity index (χ1v) is 9.81. The lowest BCUT2D eigenvalue weighted by Gasteiger charge is -2.16. The third-order valence-corrected chi connectivity index (χ3v) is 5.45. The highest BCUT2D eigenvalue weighted by Crippen LogP contribution is 2.22. The van der Waals surface area contributed by atoms with E-state index in [9.17, 15) is 14.9 Å². The Labute approximate surface area is 177 Å². The van der Waals surface area contributed by atoms with Crippen molar-refractivity contribution in [3.8, 4) is 11.1 Å². The molecule has 2 aromatic carbocycles. The molecule has 0 aliphatic heterocycles. The van der Waals surface area contributed by atoms with E-state index in [0.29, 0.717) is 41.0 Å². The van der Waals surface area contributed by atoms with Crippen molar-refractivity contribution in [3.05, 3.63) is 98.0 Å². The van der Waals surface area contributed by atoms with Gasteiger partial charge in [-0.05, 0) is 42.7 Å². The molecule has 156 valence electrons. The lowest BCUT2D eigenvalue weighted by molar-refractivity contribution is -0.384. The van der Waals surface area contributed by atoms with Crippen LogP contribution in [0, 0.1) is 22.4 Å². The van der Waals surface area contributed by atoms with Crippen LogP contribution in [-0.2, 0) is 20.0 Å². The first kappa shape index (κ1) is 20.2. The van der Waals surface area contributed by atoms with Crippen molar-refractivity contribution < 1.29 is 4.92 Å². The summed E-state index contributed by atoms with van der Waals surface area (Å²) in [5.41, 5.74) is 2.72. The minimum Gasteiger partial charge on any atom is -0.310 e. The maximum absolute atomic E-state index is 13.0. The molecular formula is C23H21N5O3. The van der Waals surface area contributed by atoms with Crippen LogP contribution in [0.4, 0.5) is 5.69 Å². The molecule has 0 spiro atoms. The largest absolute Gasteiger partial charge is 0.310 e. The number of nitro benzene ring substituents is 1. The molecule has 8 nitrogen and oxygen atoms in total. The van der Waals surface area contributed by atoms with Gasteiger partial charge in [0.25, 0.3) is 11.2 Å². The van der Waals surface area contributed by atoms with E-state index in [1.807, 2.05) is 30.3 Å². The zero-order chi connectivity index (χ0) is 22.1. The fourth-order valence-corrected chi connectivity index (χ4v) is 3.59. The van der Waals surface area contributed by atoms with Crippen LogP contribution in [0.25, 0.3) is 22.2 Å². The van der Waals surface area contributed by atoms with Gasteiger partial charge in [0, 0.05) is 31.3 Å². The summed E-state index contributed by atoms with van der Waals surface area (Å²) in [5, 5.41) is 20.2. The Bertz CT molecular complexity index is 1400. The van der Waals surface area contributed by atoms with E-state index in [4.69, 9.17) is 5.41 Å². The molecule has 0 bridgehead atoms. The first-order valence-electron chi connectivity index (χ1n) is 9.81. The molecule has 8 heteroatoms. The summed E-state index contributed by atoms with van der Waals surface area (Å²) in [6.07, 6.45) is 0.673. The number of aryl methyl sites for hydroxylation is 3. The smallest absolute Gasteiger partial charge is 0.269 e. The average molecular weight is 415 g/mol. The van der Waals surface area contributed by atoms with Crippen molar-refractivity contribution >= 4 is 16.7 Å². The number of hydrogen-bond acceptors (Lipinski definition) is 5. The zero-order valence-corrected chi connectivity index (χ0v) is 17.2. The molecule has 0 unspecified atom stereocenters. The number of non-ortho nitro benzene ring substituents is 1. The molecule has 0 amide bonds. The predicted molar refractivity (Wildman–Crippen MR) is 118 cm³/mol. The minimum absolute atomic E-state index is 0.0266. The molecular weight excluding hydrogens is 394 g/mol. The van der Waals surface area contributed by atoms with Crippen molar-refractivity contribution in [1.82, 2.24) is 14.1 Å². The summed E-state index contributed by atoms with van der Waals surface area (Å²) in [6, 6.07) is 17.6. The fraction of sp³-hybridized carbons (Fsp3) is 0.174. The summed E-state index contributed by atoms with van der Waals surface area (Å²) >= 11 is 0. The second kappa shape index (κ2) is 7.98. The molecule has 0 radical (unpaired) electrons. The molecule has 0 saturated heterocycles. The summed E-state index contributed by atoms with van der Waals surface area (Å²) in [6.45, 7) is 2.23. The molecule has 0 aliphatic rings. The molecule has 0 atom stereocenters. The molecule has 31 heavy (non-hydrogen) atoms. The third-order valence-electron chi connectivity index (χ3n) is 5.45. The number of hydrogen-bond donors (Lipinski definition) is 1. The lowest BCUT2D eigenvalue weighted by atomic mass is 10.0. The number of nitrogens with one attached hydrogen (secondary N) is 1. The van der Waals surface area contributed by atoms with Gasteiger partial charge in [-0.3, -0.25) is 24.9 Å². The van der Waals surface area contributed by atoms with Crippen molar-refractivity contribution in [3.63, 3.8) is 0 Å². The zero-order valence-electron chi connectivity index (χ0n) is 17.2. The van der Waals surface area contributed by atoms with E-state index >= 15 is 0 Å². The van der Waals surface area contributed by atoms with Crippen molar-refractivity contribution in [2.75, 3.05) is 0 Å². The Hall–Kier alpha value is -4.07. The fourth-order valence-electron chi connectivity index (χ4n) is 3.59. The molecule has 4 aromatic rings. The third kappa shape index (κ3) is 3.75. The highest BCUT2D eigenvalue weighted by molar-refractivity contribution is 5.80. The normalized spacial score (nSPS) is 11.0. The van der Waals surface area contributed by atoms with Crippen LogP contribution < -0.4 is 11.0 Å². The molecule has 2 heterocycles. The number of nitrogens with zero attached hydrogens (tertiary/aromatic N) is 4. The van der Waals surface area contributed by atoms with Gasteiger partial charge in [0.2, 0.25) is 0 Å². The van der Waals surface area contributed by atoms with Gasteiger partial charge in [-0.1, -0.05) is 30.3 Å². The van der Waals surface area contributed by atoms with E-state index in [0.717, 1.165) is 5.56 Å². The van der Waals surface area contributed by atoms with Gasteiger partial charge in [0.15, 0.2) is 0 Å². The van der Waals surface area contributed by atoms with Gasteiger partial charge in [0.05, 0.1) is 10.3 Å². The van der Waals surface area contributed by atoms with Gasteiger partial charge in [-0.25, -0.2) is 4.98 Å². The highest BCUT2D eigenvalue weighted by Gasteiger charge is 2.15. The van der Waals surface area contributed by atoms with Crippen molar-refractivity contribution in [2.24, 2.45) is 7.05 Å². The summed E-state index contributed by atoms with van der Waals surface area (Å²) < 4.78 is 3.22. The standard InChI is InChI=1S/C23H21N5O3/c1-15-25-22-20(23(29)26(15)2)14-19(17-8-10-18(11-9-17)28(30)31)21(24)27(22)13-12-16-6-4-3-5-7-16/h3-11,14,24H,12-13H2,1-2H3. The van der Waals surface area contributed by atoms with E-state index in [1.54, 1.807) is 36.7 Å². The SMILES string of the molecule is Cc1nc2c(cc(-c3ccc([N+](=O)[O-])cc3)c(=N)n2CCc2ccccc2)c(=O)n1C. The number of fused-ring (bicyclic) bond motifs is 1. The van der Waals surface area contributed by atoms with Gasteiger partial charge >= 0.3 is 0 Å². The Balaban J connectivity index is 1.93. The van der Waals surface area contributed by atoms with Crippen LogP contribution in [0.2, 0.25) is 0 Å². The van der Waals surface area contributed by atoms with Crippen molar-refractivity contribution in [2.45, 2.75) is 19.9 Å². The first-order chi connectivity index (χ1) is 14.9. The topological polar surface area (TPSA) is 107 Å². The average Bonchev–Trinajstić information content (AvgIpc) is 2.78. The van der Waals surface area contributed by atoms with Gasteiger partial charge in [-0.2, -0.15) is 0 Å². The molecule has 4 rings (SSSR count). The minimum atomic E-state index is -0.464. The van der Waals surface area contributed by atoms with E-state index in [2.05, 4.69) is 4.98 Å². The maximum atomic E-state index is 13.0. The summed E-state index contributed by atoms with van der Waals surface area (Å²) in [4.78, 5) is 28.1. The Morgan fingerprint density at radius 1 is 1.10 bits per heavy atom. The number of aromatic nitrogens is 3. The Morgan fingerprint density at radius 3 is 2.42 bits per heavy atom. The number of benzene rings is 2. The van der Waals surface area contributed by atoms with Crippen LogP contribution in [-0.4, -0.2) is 19.0 Å². The van der Waals surface area contributed by atoms with Gasteiger partial charge < -0.3 is 4.57 Å². The Kier molecular flexibility index (Phi) is 5.21. The van der Waals surface area contributed by atoms with Crippen LogP contribution in [0.1, 0.15) is 11.4 Å². The summed E-state index contributed by atoms with van der Waals surface area (Å²) in [7, 11) is 1.67. The van der Waals surface area contributed by atoms with Gasteiger partial charge in [-0.15, -0.1) is 0 Å². The predicted octanol–water partition coefficient (Wildman–Crippen LogP) is 3.34. The van der Waals surface area contributed by atoms with E-state index in [-0.39, 0.29) is 16.7 Å². The maximum Gasteiger partial charge on any atom is 0.269 e. The van der Waals surface area contributed by atoms with Crippen LogP contribution in [0.3, 0.4) is 0 Å². The van der Waals surface area contributed by atoms with Crippen molar-refractivity contribution in [1.29, 1.82) is 5.41 Å². The van der Waals surface area contributed by atoms with E-state index < -0.39 is 4.92 Å². The van der Waals surface area contributed by atoms with Gasteiger partial charge in [0.1, 0.15) is 17.0 Å². The lowest BCUT2D eigenvalue weighted by Crippen LogP contribution is -2.29. The van der Waals surface area contributed by atoms with Crippen LogP contribution in [0.5, 0.6) is 0 Å². The Morgan fingerprint density at radius 2 is 1.77 bits per heavy atom. The molecule has 0 aliphatic carbocycles. The molecule has 2 aromatic heterocycles. The van der Waals surface area contributed by atoms with Crippen LogP contribution >= 0.6 is 0 Å². The molecule has 1 N–H and O–H groups in total.